The largest absolute Gasteiger partial charge is 0.481 e. The first-order chi connectivity index (χ1) is 4.99. The summed E-state index contributed by atoms with van der Waals surface area (Å²) >= 11 is 0. The number of hydrogen-bond acceptors (Lipinski definition) is 2. The zero-order valence-corrected chi connectivity index (χ0v) is 7.05. The van der Waals surface area contributed by atoms with Gasteiger partial charge in [0.25, 0.3) is 0 Å². The van der Waals surface area contributed by atoms with Crippen LogP contribution in [-0.4, -0.2) is 23.7 Å². The predicted octanol–water partition coefficient (Wildman–Crippen LogP) is 0.849. The predicted molar refractivity (Wildman–Crippen MR) is 42.4 cm³/mol. The van der Waals surface area contributed by atoms with Gasteiger partial charge in [-0.15, -0.1) is 0 Å². The SMILES string of the molecule is CC1(C)CNC(CC(=O)O)C1. The lowest BCUT2D eigenvalue weighted by Crippen LogP contribution is -2.24. The first-order valence-electron chi connectivity index (χ1n) is 3.95. The van der Waals surface area contributed by atoms with Crippen LogP contribution in [0.2, 0.25) is 0 Å². The molecule has 1 rings (SSSR count). The van der Waals surface area contributed by atoms with Gasteiger partial charge in [0.05, 0.1) is 6.42 Å². The van der Waals surface area contributed by atoms with Crippen LogP contribution in [0.1, 0.15) is 26.7 Å². The highest BCUT2D eigenvalue weighted by Gasteiger charge is 2.31. The summed E-state index contributed by atoms with van der Waals surface area (Å²) in [4.78, 5) is 10.3. The molecule has 1 aliphatic rings. The Kier molecular flexibility index (Phi) is 2.18. The van der Waals surface area contributed by atoms with Gasteiger partial charge in [0, 0.05) is 12.6 Å². The van der Waals surface area contributed by atoms with E-state index in [1.165, 1.54) is 0 Å². The van der Waals surface area contributed by atoms with E-state index < -0.39 is 5.97 Å². The van der Waals surface area contributed by atoms with Gasteiger partial charge in [-0.3, -0.25) is 4.79 Å². The molecule has 1 heterocycles. The van der Waals surface area contributed by atoms with Crippen LogP contribution >= 0.6 is 0 Å². The van der Waals surface area contributed by atoms with Gasteiger partial charge in [-0.2, -0.15) is 0 Å². The third kappa shape index (κ3) is 2.50. The van der Waals surface area contributed by atoms with Crippen molar-refractivity contribution in [2.75, 3.05) is 6.54 Å². The molecule has 2 N–H and O–H groups in total. The van der Waals surface area contributed by atoms with E-state index in [4.69, 9.17) is 5.11 Å². The molecule has 1 fully saturated rings. The second kappa shape index (κ2) is 2.81. The Morgan fingerprint density at radius 1 is 1.73 bits per heavy atom. The molecule has 0 radical (unpaired) electrons. The average molecular weight is 157 g/mol. The third-order valence-electron chi connectivity index (χ3n) is 2.09. The van der Waals surface area contributed by atoms with Crippen molar-refractivity contribution < 1.29 is 9.90 Å². The van der Waals surface area contributed by atoms with Crippen molar-refractivity contribution in [2.24, 2.45) is 5.41 Å². The molecule has 1 atom stereocenters. The fraction of sp³-hybridized carbons (Fsp3) is 0.875. The van der Waals surface area contributed by atoms with Gasteiger partial charge in [-0.1, -0.05) is 13.8 Å². The second-order valence-corrected chi connectivity index (χ2v) is 4.04. The van der Waals surface area contributed by atoms with Crippen molar-refractivity contribution in [2.45, 2.75) is 32.7 Å². The van der Waals surface area contributed by atoms with Gasteiger partial charge in [0.2, 0.25) is 0 Å². The molecule has 0 aromatic heterocycles. The molecule has 1 unspecified atom stereocenters. The minimum Gasteiger partial charge on any atom is -0.481 e. The minimum atomic E-state index is -0.708. The Morgan fingerprint density at radius 3 is 2.73 bits per heavy atom. The zero-order valence-electron chi connectivity index (χ0n) is 7.05. The number of carboxylic acids is 1. The van der Waals surface area contributed by atoms with Crippen LogP contribution in [0.25, 0.3) is 0 Å². The summed E-state index contributed by atoms with van der Waals surface area (Å²) in [7, 11) is 0. The Balaban J connectivity index is 2.36. The summed E-state index contributed by atoms with van der Waals surface area (Å²) in [5.41, 5.74) is 0.278. The fourth-order valence-corrected chi connectivity index (χ4v) is 1.59. The van der Waals surface area contributed by atoms with E-state index in [2.05, 4.69) is 19.2 Å². The van der Waals surface area contributed by atoms with Gasteiger partial charge < -0.3 is 10.4 Å². The van der Waals surface area contributed by atoms with Crippen LogP contribution in [0.5, 0.6) is 0 Å². The average Bonchev–Trinajstić information content (AvgIpc) is 2.08. The maximum Gasteiger partial charge on any atom is 0.304 e. The lowest BCUT2D eigenvalue weighted by Gasteiger charge is -2.14. The number of rotatable bonds is 2. The minimum absolute atomic E-state index is 0.183. The molecule has 0 amide bonds. The molecule has 11 heavy (non-hydrogen) atoms. The first kappa shape index (κ1) is 8.53. The Labute approximate surface area is 66.8 Å². The zero-order chi connectivity index (χ0) is 8.48. The Morgan fingerprint density at radius 2 is 2.36 bits per heavy atom. The number of hydrogen-bond donors (Lipinski definition) is 2. The third-order valence-corrected chi connectivity index (χ3v) is 2.09. The first-order valence-corrected chi connectivity index (χ1v) is 3.95. The molecular formula is C8H15NO2. The van der Waals surface area contributed by atoms with Gasteiger partial charge >= 0.3 is 5.97 Å². The summed E-state index contributed by atoms with van der Waals surface area (Å²) in [6, 6.07) is 0.183. The highest BCUT2D eigenvalue weighted by molar-refractivity contribution is 5.67. The van der Waals surface area contributed by atoms with Crippen LogP contribution in [0.3, 0.4) is 0 Å². The summed E-state index contributed by atoms with van der Waals surface area (Å²) in [5.74, 6) is -0.708. The van der Waals surface area contributed by atoms with Crippen LogP contribution in [0.4, 0.5) is 0 Å². The van der Waals surface area contributed by atoms with Crippen LogP contribution in [0.15, 0.2) is 0 Å². The van der Waals surface area contributed by atoms with Crippen molar-refractivity contribution in [3.8, 4) is 0 Å². The Bertz CT molecular complexity index is 165. The van der Waals surface area contributed by atoms with E-state index in [0.717, 1.165) is 13.0 Å². The molecule has 1 saturated heterocycles. The highest BCUT2D eigenvalue weighted by atomic mass is 16.4. The molecule has 3 heteroatoms. The van der Waals surface area contributed by atoms with E-state index in [-0.39, 0.29) is 17.9 Å². The number of carbonyl (C=O) groups is 1. The van der Waals surface area contributed by atoms with Crippen LogP contribution < -0.4 is 5.32 Å². The normalized spacial score (nSPS) is 28.7. The highest BCUT2D eigenvalue weighted by Crippen LogP contribution is 2.28. The van der Waals surface area contributed by atoms with Crippen LogP contribution in [0, 0.1) is 5.41 Å². The lowest BCUT2D eigenvalue weighted by atomic mass is 9.90. The molecule has 0 aromatic carbocycles. The monoisotopic (exact) mass is 157 g/mol. The van der Waals surface area contributed by atoms with Crippen molar-refractivity contribution in [3.05, 3.63) is 0 Å². The van der Waals surface area contributed by atoms with Crippen molar-refractivity contribution >= 4 is 5.97 Å². The summed E-state index contributed by atoms with van der Waals surface area (Å²) < 4.78 is 0. The van der Waals surface area contributed by atoms with Crippen LogP contribution in [-0.2, 0) is 4.79 Å². The van der Waals surface area contributed by atoms with E-state index in [1.807, 2.05) is 0 Å². The summed E-state index contributed by atoms with van der Waals surface area (Å²) in [6.07, 6.45) is 1.22. The van der Waals surface area contributed by atoms with E-state index in [9.17, 15) is 4.79 Å². The molecular weight excluding hydrogens is 142 g/mol. The molecule has 0 spiro atoms. The molecule has 0 aromatic rings. The quantitative estimate of drug-likeness (QED) is 0.624. The maximum absolute atomic E-state index is 10.3. The van der Waals surface area contributed by atoms with Crippen molar-refractivity contribution in [1.82, 2.24) is 5.32 Å². The smallest absolute Gasteiger partial charge is 0.304 e. The summed E-state index contributed by atoms with van der Waals surface area (Å²) in [6.45, 7) is 5.24. The number of nitrogens with one attached hydrogen (secondary N) is 1. The Hall–Kier alpha value is -0.570. The molecule has 64 valence electrons. The van der Waals surface area contributed by atoms with Crippen molar-refractivity contribution in [3.63, 3.8) is 0 Å². The molecule has 0 aliphatic carbocycles. The number of aliphatic carboxylic acids is 1. The second-order valence-electron chi connectivity index (χ2n) is 4.04. The standard InChI is InChI=1S/C8H15NO2/c1-8(2)4-6(9-5-8)3-7(10)11/h6,9H,3-5H2,1-2H3,(H,10,11). The van der Waals surface area contributed by atoms with E-state index >= 15 is 0 Å². The molecule has 0 bridgehead atoms. The summed E-state index contributed by atoms with van der Waals surface area (Å²) in [5, 5.41) is 11.7. The molecule has 0 saturated carbocycles. The number of carboxylic acid groups (broad SMARTS) is 1. The van der Waals surface area contributed by atoms with E-state index in [0.29, 0.717) is 0 Å². The molecule has 1 aliphatic heterocycles. The molecule has 3 nitrogen and oxygen atoms in total. The van der Waals surface area contributed by atoms with Gasteiger partial charge in [-0.25, -0.2) is 0 Å². The lowest BCUT2D eigenvalue weighted by molar-refractivity contribution is -0.137. The van der Waals surface area contributed by atoms with Gasteiger partial charge in [0.1, 0.15) is 0 Å². The van der Waals surface area contributed by atoms with Crippen molar-refractivity contribution in [1.29, 1.82) is 0 Å². The maximum atomic E-state index is 10.3. The van der Waals surface area contributed by atoms with Gasteiger partial charge in [0.15, 0.2) is 0 Å². The fourth-order valence-electron chi connectivity index (χ4n) is 1.59. The topological polar surface area (TPSA) is 49.3 Å². The van der Waals surface area contributed by atoms with E-state index in [1.54, 1.807) is 0 Å². The van der Waals surface area contributed by atoms with Gasteiger partial charge in [-0.05, 0) is 11.8 Å².